The van der Waals surface area contributed by atoms with Crippen LogP contribution in [0.1, 0.15) is 0 Å². The fourth-order valence-corrected chi connectivity index (χ4v) is 1.29. The molecule has 10 heavy (non-hydrogen) atoms. The summed E-state index contributed by atoms with van der Waals surface area (Å²) in [7, 11) is 7.75. The molecule has 2 atom stereocenters. The maximum absolute atomic E-state index is 11.0. The van der Waals surface area contributed by atoms with Crippen LogP contribution >= 0.6 is 0 Å². The predicted octanol–water partition coefficient (Wildman–Crippen LogP) is -0.571. The van der Waals surface area contributed by atoms with Crippen LogP contribution in [0.5, 0.6) is 0 Å². The third kappa shape index (κ3) is 1.07. The van der Waals surface area contributed by atoms with Crippen molar-refractivity contribution in [2.75, 3.05) is 28.2 Å². The molecule has 0 amide bonds. The number of carbonyl (C=O) groups is 1. The van der Waals surface area contributed by atoms with Gasteiger partial charge in [-0.1, -0.05) is 0 Å². The molecule has 1 fully saturated rings. The zero-order chi connectivity index (χ0) is 7.89. The lowest BCUT2D eigenvalue weighted by molar-refractivity contribution is -0.112. The molecule has 1 aliphatic rings. The number of ketones is 1. The molecule has 58 valence electrons. The first-order valence-corrected chi connectivity index (χ1v) is 3.42. The molecule has 1 aliphatic carbocycles. The minimum atomic E-state index is 0.148. The van der Waals surface area contributed by atoms with Gasteiger partial charge in [0.15, 0.2) is 5.78 Å². The molecule has 0 bridgehead atoms. The van der Waals surface area contributed by atoms with E-state index in [1.807, 2.05) is 38.0 Å². The van der Waals surface area contributed by atoms with E-state index in [2.05, 4.69) is 0 Å². The summed E-state index contributed by atoms with van der Waals surface area (Å²) in [6.45, 7) is 0. The highest BCUT2D eigenvalue weighted by Gasteiger charge is 2.52. The maximum Gasteiger partial charge on any atom is 0.171 e. The predicted molar refractivity (Wildman–Crippen MR) is 40.0 cm³/mol. The van der Waals surface area contributed by atoms with Crippen LogP contribution in [0.15, 0.2) is 0 Å². The Hall–Kier alpha value is -0.410. The Bertz CT molecular complexity index is 138. The average molecular weight is 142 g/mol. The zero-order valence-corrected chi connectivity index (χ0v) is 6.96. The van der Waals surface area contributed by atoms with Crippen LogP contribution in [0.4, 0.5) is 0 Å². The van der Waals surface area contributed by atoms with Gasteiger partial charge in [0.05, 0.1) is 12.1 Å². The van der Waals surface area contributed by atoms with Crippen molar-refractivity contribution < 1.29 is 4.79 Å². The van der Waals surface area contributed by atoms with Crippen LogP contribution < -0.4 is 0 Å². The van der Waals surface area contributed by atoms with Gasteiger partial charge >= 0.3 is 0 Å². The molecule has 0 aliphatic heterocycles. The summed E-state index contributed by atoms with van der Waals surface area (Å²) in [5, 5.41) is 0. The highest BCUT2D eigenvalue weighted by atomic mass is 16.1. The number of nitrogens with zero attached hydrogens (tertiary/aromatic N) is 2. The van der Waals surface area contributed by atoms with E-state index in [4.69, 9.17) is 0 Å². The third-order valence-electron chi connectivity index (χ3n) is 1.89. The zero-order valence-electron chi connectivity index (χ0n) is 6.96. The number of hydrogen-bond donors (Lipinski definition) is 0. The standard InChI is InChI=1S/C7H14N2O/c1-8(2)5-6(7(5)10)9(3)4/h5-6H,1-4H3. The van der Waals surface area contributed by atoms with Gasteiger partial charge < -0.3 is 0 Å². The summed E-state index contributed by atoms with van der Waals surface area (Å²) in [5.41, 5.74) is 0. The van der Waals surface area contributed by atoms with Crippen molar-refractivity contribution in [1.29, 1.82) is 0 Å². The maximum atomic E-state index is 11.0. The van der Waals surface area contributed by atoms with E-state index in [1.165, 1.54) is 0 Å². The first-order chi connectivity index (χ1) is 4.55. The van der Waals surface area contributed by atoms with Gasteiger partial charge in [-0.3, -0.25) is 14.6 Å². The number of hydrogen-bond acceptors (Lipinski definition) is 3. The summed E-state index contributed by atoms with van der Waals surface area (Å²) in [4.78, 5) is 14.9. The van der Waals surface area contributed by atoms with Gasteiger partial charge in [-0.25, -0.2) is 0 Å². The normalized spacial score (nSPS) is 32.0. The van der Waals surface area contributed by atoms with Crippen molar-refractivity contribution in [3.8, 4) is 0 Å². The fraction of sp³-hybridized carbons (Fsp3) is 0.857. The van der Waals surface area contributed by atoms with E-state index in [9.17, 15) is 4.79 Å². The summed E-state index contributed by atoms with van der Waals surface area (Å²) < 4.78 is 0. The number of rotatable bonds is 2. The molecule has 3 nitrogen and oxygen atoms in total. The van der Waals surface area contributed by atoms with Gasteiger partial charge in [0.25, 0.3) is 0 Å². The molecule has 2 unspecified atom stereocenters. The van der Waals surface area contributed by atoms with Crippen molar-refractivity contribution in [3.63, 3.8) is 0 Å². The van der Waals surface area contributed by atoms with Gasteiger partial charge in [0.1, 0.15) is 0 Å². The molecular weight excluding hydrogens is 128 g/mol. The van der Waals surface area contributed by atoms with Gasteiger partial charge in [-0.05, 0) is 28.2 Å². The van der Waals surface area contributed by atoms with Crippen LogP contribution in [-0.2, 0) is 4.79 Å². The molecule has 0 radical (unpaired) electrons. The molecule has 0 heterocycles. The van der Waals surface area contributed by atoms with Crippen LogP contribution in [0, 0.1) is 0 Å². The highest BCUT2D eigenvalue weighted by molar-refractivity contribution is 6.06. The van der Waals surface area contributed by atoms with Crippen LogP contribution in [0.25, 0.3) is 0 Å². The van der Waals surface area contributed by atoms with Crippen LogP contribution in [0.3, 0.4) is 0 Å². The molecule has 0 aromatic rings. The minimum absolute atomic E-state index is 0.148. The number of carbonyl (C=O) groups excluding carboxylic acids is 1. The monoisotopic (exact) mass is 142 g/mol. The van der Waals surface area contributed by atoms with Crippen LogP contribution in [-0.4, -0.2) is 55.9 Å². The highest BCUT2D eigenvalue weighted by Crippen LogP contribution is 2.24. The van der Waals surface area contributed by atoms with Crippen molar-refractivity contribution in [2.24, 2.45) is 0 Å². The largest absolute Gasteiger partial charge is 0.298 e. The number of Topliss-reactive ketones (excluding diaryl/α,β-unsaturated/α-hetero) is 1. The second-order valence-corrected chi connectivity index (χ2v) is 3.22. The second-order valence-electron chi connectivity index (χ2n) is 3.22. The Kier molecular flexibility index (Phi) is 1.79. The van der Waals surface area contributed by atoms with E-state index in [1.54, 1.807) is 0 Å². The lowest BCUT2D eigenvalue weighted by Crippen LogP contribution is -2.25. The van der Waals surface area contributed by atoms with Crippen molar-refractivity contribution in [1.82, 2.24) is 9.80 Å². The molecule has 0 aromatic heterocycles. The second kappa shape index (κ2) is 2.32. The third-order valence-corrected chi connectivity index (χ3v) is 1.89. The molecule has 1 rings (SSSR count). The van der Waals surface area contributed by atoms with E-state index in [0.717, 1.165) is 0 Å². The molecule has 0 N–H and O–H groups in total. The molecule has 0 spiro atoms. The first-order valence-electron chi connectivity index (χ1n) is 3.42. The first kappa shape index (κ1) is 7.69. The topological polar surface area (TPSA) is 23.6 Å². The van der Waals surface area contributed by atoms with E-state index in [-0.39, 0.29) is 12.1 Å². The summed E-state index contributed by atoms with van der Waals surface area (Å²) in [6, 6.07) is 0.296. The van der Waals surface area contributed by atoms with Crippen LogP contribution in [0.2, 0.25) is 0 Å². The van der Waals surface area contributed by atoms with Gasteiger partial charge in [0, 0.05) is 0 Å². The fourth-order valence-electron chi connectivity index (χ4n) is 1.29. The van der Waals surface area contributed by atoms with E-state index in [0.29, 0.717) is 5.78 Å². The molecule has 3 heteroatoms. The molecule has 0 aromatic carbocycles. The summed E-state index contributed by atoms with van der Waals surface area (Å²) in [6.07, 6.45) is 0. The number of likely N-dealkylation sites (N-methyl/N-ethyl adjacent to an activating group) is 2. The Morgan fingerprint density at radius 1 is 1.00 bits per heavy atom. The van der Waals surface area contributed by atoms with Crippen molar-refractivity contribution >= 4 is 5.78 Å². The molecule has 1 saturated carbocycles. The minimum Gasteiger partial charge on any atom is -0.298 e. The van der Waals surface area contributed by atoms with E-state index < -0.39 is 0 Å². The SMILES string of the molecule is CN(C)C1C(=O)C1N(C)C. The Balaban J connectivity index is 2.49. The molecular formula is C7H14N2O. The van der Waals surface area contributed by atoms with E-state index >= 15 is 0 Å². The lowest BCUT2D eigenvalue weighted by atomic mass is 10.5. The van der Waals surface area contributed by atoms with Gasteiger partial charge in [0.2, 0.25) is 0 Å². The quantitative estimate of drug-likeness (QED) is 0.516. The Labute approximate surface area is 61.6 Å². The van der Waals surface area contributed by atoms with Crippen molar-refractivity contribution in [3.05, 3.63) is 0 Å². The Morgan fingerprint density at radius 2 is 1.30 bits per heavy atom. The van der Waals surface area contributed by atoms with Gasteiger partial charge in [-0.15, -0.1) is 0 Å². The smallest absolute Gasteiger partial charge is 0.171 e. The van der Waals surface area contributed by atoms with Gasteiger partial charge in [-0.2, -0.15) is 0 Å². The molecule has 0 saturated heterocycles. The summed E-state index contributed by atoms with van der Waals surface area (Å²) in [5.74, 6) is 0.343. The Morgan fingerprint density at radius 3 is 1.40 bits per heavy atom. The average Bonchev–Trinajstić information content (AvgIpc) is 2.40. The lowest BCUT2D eigenvalue weighted by Gasteiger charge is -2.10. The van der Waals surface area contributed by atoms with Crippen molar-refractivity contribution in [2.45, 2.75) is 12.1 Å². The summed E-state index contributed by atoms with van der Waals surface area (Å²) >= 11 is 0.